The SMILES string of the molecule is COc1ccc(C(CNC(=O)NCc2ccc(C(F)(F)F)cc2)N(C)C)cc1. The van der Waals surface area contributed by atoms with Gasteiger partial charge in [-0.15, -0.1) is 0 Å². The first kappa shape index (κ1) is 21.6. The second kappa shape index (κ2) is 9.45. The molecule has 152 valence electrons. The van der Waals surface area contributed by atoms with Gasteiger partial charge in [0.25, 0.3) is 0 Å². The minimum atomic E-state index is -4.37. The molecular formula is C20H24F3N3O2. The number of carbonyl (C=O) groups is 1. The first-order valence-electron chi connectivity index (χ1n) is 8.69. The average Bonchev–Trinajstić information content (AvgIpc) is 2.66. The molecule has 0 aliphatic rings. The van der Waals surface area contributed by atoms with E-state index >= 15 is 0 Å². The Hall–Kier alpha value is -2.74. The van der Waals surface area contributed by atoms with Crippen molar-refractivity contribution in [3.05, 3.63) is 65.2 Å². The maximum Gasteiger partial charge on any atom is 0.416 e. The van der Waals surface area contributed by atoms with Gasteiger partial charge in [-0.25, -0.2) is 4.79 Å². The van der Waals surface area contributed by atoms with E-state index in [0.717, 1.165) is 23.4 Å². The number of rotatable bonds is 7. The van der Waals surface area contributed by atoms with Crippen LogP contribution in [-0.4, -0.2) is 38.7 Å². The summed E-state index contributed by atoms with van der Waals surface area (Å²) in [4.78, 5) is 14.0. The van der Waals surface area contributed by atoms with Crippen LogP contribution in [0.3, 0.4) is 0 Å². The average molecular weight is 395 g/mol. The Morgan fingerprint density at radius 1 is 1.04 bits per heavy atom. The predicted octanol–water partition coefficient (Wildman–Crippen LogP) is 3.82. The van der Waals surface area contributed by atoms with Crippen LogP contribution in [0.5, 0.6) is 5.75 Å². The van der Waals surface area contributed by atoms with E-state index in [4.69, 9.17) is 4.74 Å². The van der Waals surface area contributed by atoms with Crippen LogP contribution in [0.4, 0.5) is 18.0 Å². The molecular weight excluding hydrogens is 371 g/mol. The quantitative estimate of drug-likeness (QED) is 0.750. The molecule has 0 aromatic heterocycles. The molecule has 2 rings (SSSR count). The summed E-state index contributed by atoms with van der Waals surface area (Å²) in [6, 6.07) is 11.9. The van der Waals surface area contributed by atoms with Crippen LogP contribution < -0.4 is 15.4 Å². The second-order valence-electron chi connectivity index (χ2n) is 6.51. The number of carbonyl (C=O) groups excluding carboxylic acids is 1. The Balaban J connectivity index is 1.87. The number of ether oxygens (including phenoxy) is 1. The minimum absolute atomic E-state index is 0.0391. The van der Waals surface area contributed by atoms with Gasteiger partial charge in [-0.2, -0.15) is 13.2 Å². The molecule has 2 aromatic carbocycles. The summed E-state index contributed by atoms with van der Waals surface area (Å²) < 4.78 is 42.9. The highest BCUT2D eigenvalue weighted by atomic mass is 19.4. The normalized spacial score (nSPS) is 12.5. The Morgan fingerprint density at radius 3 is 2.14 bits per heavy atom. The Bertz CT molecular complexity index is 760. The van der Waals surface area contributed by atoms with Crippen molar-refractivity contribution in [2.24, 2.45) is 0 Å². The maximum absolute atomic E-state index is 12.6. The lowest BCUT2D eigenvalue weighted by molar-refractivity contribution is -0.137. The predicted molar refractivity (Wildman–Crippen MR) is 101 cm³/mol. The Labute approximate surface area is 162 Å². The van der Waals surface area contributed by atoms with Crippen molar-refractivity contribution in [3.63, 3.8) is 0 Å². The van der Waals surface area contributed by atoms with E-state index in [1.165, 1.54) is 12.1 Å². The summed E-state index contributed by atoms with van der Waals surface area (Å²) in [5, 5.41) is 5.45. The third-order valence-corrected chi connectivity index (χ3v) is 4.31. The van der Waals surface area contributed by atoms with Gasteiger partial charge in [0.05, 0.1) is 18.7 Å². The number of likely N-dealkylation sites (N-methyl/N-ethyl adjacent to an activating group) is 1. The molecule has 2 amide bonds. The van der Waals surface area contributed by atoms with Crippen molar-refractivity contribution in [1.29, 1.82) is 0 Å². The molecule has 1 unspecified atom stereocenters. The highest BCUT2D eigenvalue weighted by Crippen LogP contribution is 2.29. The van der Waals surface area contributed by atoms with Gasteiger partial charge in [-0.05, 0) is 49.5 Å². The number of alkyl halides is 3. The molecule has 0 saturated heterocycles. The maximum atomic E-state index is 12.6. The number of hydrogen-bond acceptors (Lipinski definition) is 3. The number of nitrogens with one attached hydrogen (secondary N) is 2. The van der Waals surface area contributed by atoms with Crippen LogP contribution >= 0.6 is 0 Å². The molecule has 0 aliphatic carbocycles. The van der Waals surface area contributed by atoms with Gasteiger partial charge < -0.3 is 20.3 Å². The number of urea groups is 1. The molecule has 0 saturated carbocycles. The summed E-state index contributed by atoms with van der Waals surface area (Å²) in [5.41, 5.74) is 0.894. The second-order valence-corrected chi connectivity index (χ2v) is 6.51. The fourth-order valence-corrected chi connectivity index (χ4v) is 2.67. The lowest BCUT2D eigenvalue weighted by atomic mass is 10.1. The van der Waals surface area contributed by atoms with Crippen molar-refractivity contribution in [3.8, 4) is 5.75 Å². The molecule has 28 heavy (non-hydrogen) atoms. The molecule has 0 heterocycles. The van der Waals surface area contributed by atoms with Crippen molar-refractivity contribution >= 4 is 6.03 Å². The number of amides is 2. The smallest absolute Gasteiger partial charge is 0.416 e. The zero-order valence-electron chi connectivity index (χ0n) is 16.0. The minimum Gasteiger partial charge on any atom is -0.497 e. The van der Waals surface area contributed by atoms with E-state index in [1.807, 2.05) is 43.3 Å². The number of nitrogens with zero attached hydrogens (tertiary/aromatic N) is 1. The summed E-state index contributed by atoms with van der Waals surface area (Å²) in [6.07, 6.45) is -4.37. The van der Waals surface area contributed by atoms with E-state index in [9.17, 15) is 18.0 Å². The summed E-state index contributed by atoms with van der Waals surface area (Å²) in [5.74, 6) is 0.753. The standard InChI is InChI=1S/C20H24F3N3O2/c1-26(2)18(15-6-10-17(28-3)11-7-15)13-25-19(27)24-12-14-4-8-16(9-5-14)20(21,22)23/h4-11,18H,12-13H2,1-3H3,(H2,24,25,27). The van der Waals surface area contributed by atoms with Crippen molar-refractivity contribution in [2.75, 3.05) is 27.7 Å². The molecule has 1 atom stereocenters. The zero-order chi connectivity index (χ0) is 20.7. The molecule has 2 N–H and O–H groups in total. The largest absolute Gasteiger partial charge is 0.497 e. The highest BCUT2D eigenvalue weighted by molar-refractivity contribution is 5.73. The summed E-state index contributed by atoms with van der Waals surface area (Å²) >= 11 is 0. The molecule has 0 spiro atoms. The summed E-state index contributed by atoms with van der Waals surface area (Å²) in [7, 11) is 5.42. The van der Waals surface area contributed by atoms with Gasteiger partial charge >= 0.3 is 12.2 Å². The van der Waals surface area contributed by atoms with E-state index < -0.39 is 11.7 Å². The third-order valence-electron chi connectivity index (χ3n) is 4.31. The molecule has 8 heteroatoms. The number of hydrogen-bond donors (Lipinski definition) is 2. The lowest BCUT2D eigenvalue weighted by Crippen LogP contribution is -2.40. The Kier molecular flexibility index (Phi) is 7.28. The van der Waals surface area contributed by atoms with E-state index in [1.54, 1.807) is 7.11 Å². The van der Waals surface area contributed by atoms with Crippen molar-refractivity contribution < 1.29 is 22.7 Å². The van der Waals surface area contributed by atoms with Gasteiger partial charge in [0.1, 0.15) is 5.75 Å². The van der Waals surface area contributed by atoms with E-state index in [2.05, 4.69) is 10.6 Å². The Morgan fingerprint density at radius 2 is 1.64 bits per heavy atom. The van der Waals surface area contributed by atoms with Gasteiger partial charge in [0.15, 0.2) is 0 Å². The topological polar surface area (TPSA) is 53.6 Å². The van der Waals surface area contributed by atoms with Crippen LogP contribution in [-0.2, 0) is 12.7 Å². The number of halogens is 3. The monoisotopic (exact) mass is 395 g/mol. The molecule has 5 nitrogen and oxygen atoms in total. The highest BCUT2D eigenvalue weighted by Gasteiger charge is 2.29. The van der Waals surface area contributed by atoms with Crippen molar-refractivity contribution in [2.45, 2.75) is 18.8 Å². The third kappa shape index (κ3) is 6.16. The van der Waals surface area contributed by atoms with E-state index in [0.29, 0.717) is 12.1 Å². The number of methoxy groups -OCH3 is 1. The van der Waals surface area contributed by atoms with Crippen LogP contribution in [0.15, 0.2) is 48.5 Å². The van der Waals surface area contributed by atoms with Crippen LogP contribution in [0.1, 0.15) is 22.7 Å². The summed E-state index contributed by atoms with van der Waals surface area (Å²) in [6.45, 7) is 0.511. The lowest BCUT2D eigenvalue weighted by Gasteiger charge is -2.25. The van der Waals surface area contributed by atoms with Crippen LogP contribution in [0.2, 0.25) is 0 Å². The molecule has 0 radical (unpaired) electrons. The zero-order valence-corrected chi connectivity index (χ0v) is 16.0. The molecule has 0 bridgehead atoms. The molecule has 2 aromatic rings. The fraction of sp³-hybridized carbons (Fsp3) is 0.350. The fourth-order valence-electron chi connectivity index (χ4n) is 2.67. The van der Waals surface area contributed by atoms with Crippen molar-refractivity contribution in [1.82, 2.24) is 15.5 Å². The van der Waals surface area contributed by atoms with Gasteiger partial charge in [0.2, 0.25) is 0 Å². The molecule has 0 aliphatic heterocycles. The molecule has 0 fully saturated rings. The van der Waals surface area contributed by atoms with E-state index in [-0.39, 0.29) is 18.6 Å². The van der Waals surface area contributed by atoms with Gasteiger partial charge in [-0.1, -0.05) is 24.3 Å². The van der Waals surface area contributed by atoms with Crippen LogP contribution in [0.25, 0.3) is 0 Å². The first-order chi connectivity index (χ1) is 13.2. The van der Waals surface area contributed by atoms with Gasteiger partial charge in [0, 0.05) is 13.1 Å². The first-order valence-corrected chi connectivity index (χ1v) is 8.69. The van der Waals surface area contributed by atoms with Crippen LogP contribution in [0, 0.1) is 0 Å². The van der Waals surface area contributed by atoms with Gasteiger partial charge in [-0.3, -0.25) is 0 Å². The number of benzene rings is 2.